The van der Waals surface area contributed by atoms with Gasteiger partial charge >= 0.3 is 5.97 Å². The summed E-state index contributed by atoms with van der Waals surface area (Å²) in [6.07, 6.45) is 6.83. The number of nitrogens with zero attached hydrogens (tertiary/aromatic N) is 2. The minimum absolute atomic E-state index is 0.360. The fourth-order valence-corrected chi connectivity index (χ4v) is 2.49. The van der Waals surface area contributed by atoms with Crippen LogP contribution in [0.5, 0.6) is 0 Å². The van der Waals surface area contributed by atoms with Gasteiger partial charge < -0.3 is 9.72 Å². The molecule has 0 bridgehead atoms. The van der Waals surface area contributed by atoms with Gasteiger partial charge in [-0.1, -0.05) is 0 Å². The minimum Gasteiger partial charge on any atom is -0.465 e. The maximum atomic E-state index is 12.2. The molecule has 1 N–H and O–H groups in total. The Hall–Kier alpha value is -2.95. The Morgan fingerprint density at radius 2 is 1.45 bits per heavy atom. The quantitative estimate of drug-likeness (QED) is 0.753. The highest BCUT2D eigenvalue weighted by Gasteiger charge is 2.22. The second kappa shape index (κ2) is 5.81. The molecule has 0 radical (unpaired) electrons. The van der Waals surface area contributed by atoms with Crippen LogP contribution in [0.4, 0.5) is 0 Å². The lowest BCUT2D eigenvalue weighted by Crippen LogP contribution is -2.03. The van der Waals surface area contributed by atoms with Crippen molar-refractivity contribution in [1.82, 2.24) is 15.0 Å². The van der Waals surface area contributed by atoms with Gasteiger partial charge in [0.1, 0.15) is 0 Å². The third kappa shape index (κ3) is 2.37. The fourth-order valence-electron chi connectivity index (χ4n) is 2.49. The average molecular weight is 293 g/mol. The van der Waals surface area contributed by atoms with Gasteiger partial charge in [-0.2, -0.15) is 0 Å². The number of hydrogen-bond acceptors (Lipinski definition) is 4. The van der Waals surface area contributed by atoms with E-state index >= 15 is 0 Å². The second-order valence-corrected chi connectivity index (χ2v) is 4.84. The number of aromatic amines is 1. The Morgan fingerprint density at radius 3 is 1.95 bits per heavy atom. The molecule has 0 aromatic carbocycles. The lowest BCUT2D eigenvalue weighted by molar-refractivity contribution is 0.0601. The number of aromatic nitrogens is 3. The van der Waals surface area contributed by atoms with Crippen molar-refractivity contribution in [2.45, 2.75) is 6.92 Å². The molecule has 0 amide bonds. The van der Waals surface area contributed by atoms with E-state index in [9.17, 15) is 4.79 Å². The summed E-state index contributed by atoms with van der Waals surface area (Å²) in [5.41, 5.74) is 4.87. The van der Waals surface area contributed by atoms with E-state index in [2.05, 4.69) is 15.0 Å². The first-order valence-electron chi connectivity index (χ1n) is 6.84. The summed E-state index contributed by atoms with van der Waals surface area (Å²) >= 11 is 0. The SMILES string of the molecule is COC(=O)c1c(-c2ccncc2)[nH]c(-c2ccncc2)c1C. The summed E-state index contributed by atoms with van der Waals surface area (Å²) in [6, 6.07) is 7.51. The summed E-state index contributed by atoms with van der Waals surface area (Å²) < 4.78 is 4.94. The van der Waals surface area contributed by atoms with Crippen LogP contribution in [0.2, 0.25) is 0 Å². The number of carbonyl (C=O) groups excluding carboxylic acids is 1. The molecule has 0 atom stereocenters. The second-order valence-electron chi connectivity index (χ2n) is 4.84. The van der Waals surface area contributed by atoms with E-state index in [1.807, 2.05) is 31.2 Å². The van der Waals surface area contributed by atoms with Crippen LogP contribution in [0, 0.1) is 6.92 Å². The van der Waals surface area contributed by atoms with Crippen LogP contribution in [0.1, 0.15) is 15.9 Å². The monoisotopic (exact) mass is 293 g/mol. The van der Waals surface area contributed by atoms with E-state index in [0.717, 1.165) is 28.1 Å². The summed E-state index contributed by atoms with van der Waals surface area (Å²) in [4.78, 5) is 23.6. The molecule has 0 aliphatic carbocycles. The molecule has 3 rings (SSSR count). The molecule has 110 valence electrons. The van der Waals surface area contributed by atoms with Gasteiger partial charge in [0.2, 0.25) is 0 Å². The molecule has 0 saturated carbocycles. The molecule has 5 nitrogen and oxygen atoms in total. The Balaban J connectivity index is 2.23. The molecule has 0 aliphatic heterocycles. The molecule has 0 spiro atoms. The Kier molecular flexibility index (Phi) is 3.70. The van der Waals surface area contributed by atoms with Gasteiger partial charge in [0.25, 0.3) is 0 Å². The van der Waals surface area contributed by atoms with Crippen LogP contribution in [-0.2, 0) is 4.74 Å². The van der Waals surface area contributed by atoms with Crippen molar-refractivity contribution in [3.05, 3.63) is 60.2 Å². The van der Waals surface area contributed by atoms with E-state index in [0.29, 0.717) is 5.56 Å². The zero-order chi connectivity index (χ0) is 15.5. The predicted molar refractivity (Wildman–Crippen MR) is 83.3 cm³/mol. The molecule has 0 aliphatic rings. The van der Waals surface area contributed by atoms with E-state index in [-0.39, 0.29) is 5.97 Å². The Morgan fingerprint density at radius 1 is 0.955 bits per heavy atom. The standard InChI is InChI=1S/C17H15N3O2/c1-11-14(17(21)22-2)16(13-5-9-19-10-6-13)20-15(11)12-3-7-18-8-4-12/h3-10,20H,1-2H3. The normalized spacial score (nSPS) is 10.5. The molecule has 0 unspecified atom stereocenters. The van der Waals surface area contributed by atoms with E-state index in [1.165, 1.54) is 7.11 Å². The zero-order valence-electron chi connectivity index (χ0n) is 12.3. The number of nitrogens with one attached hydrogen (secondary N) is 1. The van der Waals surface area contributed by atoms with E-state index in [1.54, 1.807) is 24.8 Å². The third-order valence-corrected chi connectivity index (χ3v) is 3.58. The summed E-state index contributed by atoms with van der Waals surface area (Å²) in [5, 5.41) is 0. The number of ether oxygens (including phenoxy) is 1. The number of methoxy groups -OCH3 is 1. The number of H-pyrrole nitrogens is 1. The largest absolute Gasteiger partial charge is 0.465 e. The summed E-state index contributed by atoms with van der Waals surface area (Å²) in [5.74, 6) is -0.360. The molecule has 3 aromatic rings. The third-order valence-electron chi connectivity index (χ3n) is 3.58. The van der Waals surface area contributed by atoms with Crippen LogP contribution < -0.4 is 0 Å². The number of carbonyl (C=O) groups is 1. The number of hydrogen-bond donors (Lipinski definition) is 1. The topological polar surface area (TPSA) is 67.9 Å². The summed E-state index contributed by atoms with van der Waals surface area (Å²) in [6.45, 7) is 1.91. The molecule has 5 heteroatoms. The lowest BCUT2D eigenvalue weighted by atomic mass is 10.0. The Bertz CT molecular complexity index is 796. The van der Waals surface area contributed by atoms with Gasteiger partial charge in [0, 0.05) is 41.6 Å². The van der Waals surface area contributed by atoms with E-state index < -0.39 is 0 Å². The van der Waals surface area contributed by atoms with Gasteiger partial charge in [-0.25, -0.2) is 4.79 Å². The fraction of sp³-hybridized carbons (Fsp3) is 0.118. The van der Waals surface area contributed by atoms with Crippen LogP contribution in [0.3, 0.4) is 0 Å². The summed E-state index contributed by atoms with van der Waals surface area (Å²) in [7, 11) is 1.39. The first kappa shape index (κ1) is 14.0. The van der Waals surface area contributed by atoms with Crippen LogP contribution in [0.25, 0.3) is 22.5 Å². The molecule has 0 fully saturated rings. The molecule has 3 heterocycles. The molecule has 0 saturated heterocycles. The minimum atomic E-state index is -0.360. The van der Waals surface area contributed by atoms with Crippen LogP contribution in [-0.4, -0.2) is 28.0 Å². The smallest absolute Gasteiger partial charge is 0.340 e. The highest BCUT2D eigenvalue weighted by atomic mass is 16.5. The maximum Gasteiger partial charge on any atom is 0.340 e. The predicted octanol–water partition coefficient (Wildman–Crippen LogP) is 3.23. The van der Waals surface area contributed by atoms with Gasteiger partial charge in [-0.05, 0) is 36.8 Å². The van der Waals surface area contributed by atoms with Gasteiger partial charge in [0.15, 0.2) is 0 Å². The van der Waals surface area contributed by atoms with Crippen molar-refractivity contribution in [1.29, 1.82) is 0 Å². The number of esters is 1. The van der Waals surface area contributed by atoms with E-state index in [4.69, 9.17) is 4.74 Å². The maximum absolute atomic E-state index is 12.2. The molecular formula is C17H15N3O2. The van der Waals surface area contributed by atoms with Gasteiger partial charge in [0.05, 0.1) is 18.4 Å². The van der Waals surface area contributed by atoms with Crippen LogP contribution >= 0.6 is 0 Å². The molecule has 22 heavy (non-hydrogen) atoms. The molecular weight excluding hydrogens is 278 g/mol. The zero-order valence-corrected chi connectivity index (χ0v) is 12.3. The highest BCUT2D eigenvalue weighted by molar-refractivity contribution is 6.00. The number of pyridine rings is 2. The first-order chi connectivity index (χ1) is 10.7. The Labute approximate surface area is 128 Å². The van der Waals surface area contributed by atoms with Gasteiger partial charge in [-0.15, -0.1) is 0 Å². The lowest BCUT2D eigenvalue weighted by Gasteiger charge is -2.03. The first-order valence-corrected chi connectivity index (χ1v) is 6.84. The van der Waals surface area contributed by atoms with Crippen molar-refractivity contribution in [2.24, 2.45) is 0 Å². The van der Waals surface area contributed by atoms with Crippen molar-refractivity contribution in [2.75, 3.05) is 7.11 Å². The van der Waals surface area contributed by atoms with Crippen molar-refractivity contribution in [3.63, 3.8) is 0 Å². The van der Waals surface area contributed by atoms with Crippen molar-refractivity contribution < 1.29 is 9.53 Å². The van der Waals surface area contributed by atoms with Crippen LogP contribution in [0.15, 0.2) is 49.1 Å². The van der Waals surface area contributed by atoms with Crippen molar-refractivity contribution in [3.8, 4) is 22.5 Å². The number of rotatable bonds is 3. The van der Waals surface area contributed by atoms with Crippen molar-refractivity contribution >= 4 is 5.97 Å². The molecule has 3 aromatic heterocycles. The highest BCUT2D eigenvalue weighted by Crippen LogP contribution is 2.33. The van der Waals surface area contributed by atoms with Gasteiger partial charge in [-0.3, -0.25) is 9.97 Å². The average Bonchev–Trinajstić information content (AvgIpc) is 2.93.